The zero-order chi connectivity index (χ0) is 16.7. The van der Waals surface area contributed by atoms with Gasteiger partial charge in [0.05, 0.1) is 7.11 Å². The second kappa shape index (κ2) is 7.84. The van der Waals surface area contributed by atoms with Gasteiger partial charge in [0.15, 0.2) is 0 Å². The van der Waals surface area contributed by atoms with Gasteiger partial charge >= 0.3 is 6.09 Å². The van der Waals surface area contributed by atoms with E-state index in [1.54, 1.807) is 12.1 Å². The quantitative estimate of drug-likeness (QED) is 0.890. The summed E-state index contributed by atoms with van der Waals surface area (Å²) >= 11 is 0. The van der Waals surface area contributed by atoms with Gasteiger partial charge in [0.25, 0.3) is 0 Å². The number of amides is 2. The molecule has 0 spiro atoms. The Morgan fingerprint density at radius 3 is 2.13 bits per heavy atom. The first-order chi connectivity index (χ1) is 11.1. The predicted octanol–water partition coefficient (Wildman–Crippen LogP) is 3.07. The molecule has 0 unspecified atom stereocenters. The topological polar surface area (TPSA) is 70.7 Å². The van der Waals surface area contributed by atoms with Crippen LogP contribution in [0.5, 0.6) is 0 Å². The molecule has 0 saturated carbocycles. The van der Waals surface area contributed by atoms with E-state index in [2.05, 4.69) is 15.4 Å². The van der Waals surface area contributed by atoms with Crippen LogP contribution in [0.15, 0.2) is 54.6 Å². The molecule has 0 aliphatic heterocycles. The number of hydrogen-bond donors (Lipinski definition) is 2. The number of ether oxygens (including phenoxy) is 1. The number of methoxy groups -OCH3 is 1. The van der Waals surface area contributed by atoms with Crippen LogP contribution in [0, 0.1) is 0 Å². The van der Waals surface area contributed by atoms with Gasteiger partial charge < -0.3 is 20.3 Å². The van der Waals surface area contributed by atoms with Gasteiger partial charge in [-0.2, -0.15) is 0 Å². The van der Waals surface area contributed by atoms with E-state index in [-0.39, 0.29) is 12.5 Å². The van der Waals surface area contributed by atoms with E-state index in [4.69, 9.17) is 0 Å². The number of hydrogen-bond acceptors (Lipinski definition) is 4. The molecule has 2 aromatic carbocycles. The van der Waals surface area contributed by atoms with Gasteiger partial charge in [0.1, 0.15) is 6.54 Å². The molecule has 0 atom stereocenters. The maximum absolute atomic E-state index is 11.8. The number of likely N-dealkylation sites (N-methyl/N-ethyl adjacent to an activating group) is 1. The minimum atomic E-state index is -0.553. The Balaban J connectivity index is 1.89. The monoisotopic (exact) mass is 313 g/mol. The molecule has 2 aromatic rings. The lowest BCUT2D eigenvalue weighted by atomic mass is 10.2. The van der Waals surface area contributed by atoms with E-state index in [0.29, 0.717) is 5.69 Å². The SMILES string of the molecule is COC(=O)N(C)CC(=O)Nc1ccc(Nc2ccccc2)cc1. The van der Waals surface area contributed by atoms with E-state index >= 15 is 0 Å². The summed E-state index contributed by atoms with van der Waals surface area (Å²) in [4.78, 5) is 24.3. The van der Waals surface area contributed by atoms with Gasteiger partial charge in [-0.15, -0.1) is 0 Å². The highest BCUT2D eigenvalue weighted by Gasteiger charge is 2.12. The summed E-state index contributed by atoms with van der Waals surface area (Å²) in [6.07, 6.45) is -0.553. The van der Waals surface area contributed by atoms with E-state index in [0.717, 1.165) is 11.4 Å². The molecular formula is C17H19N3O3. The van der Waals surface area contributed by atoms with Crippen LogP contribution in [-0.4, -0.2) is 37.6 Å². The third-order valence-corrected chi connectivity index (χ3v) is 3.10. The first-order valence-electron chi connectivity index (χ1n) is 7.09. The number of nitrogens with one attached hydrogen (secondary N) is 2. The van der Waals surface area contributed by atoms with Crippen LogP contribution in [0.4, 0.5) is 21.9 Å². The summed E-state index contributed by atoms with van der Waals surface area (Å²) in [7, 11) is 2.77. The molecular weight excluding hydrogens is 294 g/mol. The van der Waals surface area contributed by atoms with Crippen molar-refractivity contribution in [3.8, 4) is 0 Å². The van der Waals surface area contributed by atoms with E-state index in [9.17, 15) is 9.59 Å². The third kappa shape index (κ3) is 5.03. The van der Waals surface area contributed by atoms with Crippen molar-refractivity contribution in [2.45, 2.75) is 0 Å². The van der Waals surface area contributed by atoms with Crippen molar-refractivity contribution >= 4 is 29.1 Å². The van der Waals surface area contributed by atoms with Crippen molar-refractivity contribution in [1.29, 1.82) is 0 Å². The molecule has 2 rings (SSSR count). The summed E-state index contributed by atoms with van der Waals surface area (Å²) in [5.41, 5.74) is 2.57. The number of anilines is 3. The van der Waals surface area contributed by atoms with Gasteiger partial charge in [-0.05, 0) is 36.4 Å². The Morgan fingerprint density at radius 1 is 0.957 bits per heavy atom. The summed E-state index contributed by atoms with van der Waals surface area (Å²) in [6.45, 7) is -0.0727. The van der Waals surface area contributed by atoms with Crippen LogP contribution in [-0.2, 0) is 9.53 Å². The molecule has 6 heteroatoms. The molecule has 0 aromatic heterocycles. The first kappa shape index (κ1) is 16.4. The number of para-hydroxylation sites is 1. The van der Waals surface area contributed by atoms with Crippen molar-refractivity contribution in [3.63, 3.8) is 0 Å². The van der Waals surface area contributed by atoms with E-state index < -0.39 is 6.09 Å². The molecule has 0 radical (unpaired) electrons. The number of carbonyl (C=O) groups excluding carboxylic acids is 2. The number of nitrogens with zero attached hydrogens (tertiary/aromatic N) is 1. The van der Waals surface area contributed by atoms with Crippen LogP contribution in [0.1, 0.15) is 0 Å². The molecule has 2 amide bonds. The maximum Gasteiger partial charge on any atom is 0.409 e. The van der Waals surface area contributed by atoms with Gasteiger partial charge in [-0.1, -0.05) is 18.2 Å². The maximum atomic E-state index is 11.8. The average Bonchev–Trinajstić information content (AvgIpc) is 2.56. The zero-order valence-corrected chi connectivity index (χ0v) is 13.1. The van der Waals surface area contributed by atoms with Gasteiger partial charge in [-0.3, -0.25) is 4.79 Å². The normalized spacial score (nSPS) is 9.83. The Morgan fingerprint density at radius 2 is 1.52 bits per heavy atom. The smallest absolute Gasteiger partial charge is 0.409 e. The highest BCUT2D eigenvalue weighted by atomic mass is 16.5. The Kier molecular flexibility index (Phi) is 5.57. The van der Waals surface area contributed by atoms with E-state index in [1.165, 1.54) is 19.1 Å². The molecule has 0 heterocycles. The number of carbonyl (C=O) groups is 2. The van der Waals surface area contributed by atoms with Crippen molar-refractivity contribution < 1.29 is 14.3 Å². The fourth-order valence-corrected chi connectivity index (χ4v) is 1.96. The molecule has 0 saturated heterocycles. The average molecular weight is 313 g/mol. The second-order valence-corrected chi connectivity index (χ2v) is 4.94. The van der Waals surface area contributed by atoms with Crippen molar-refractivity contribution in [3.05, 3.63) is 54.6 Å². The van der Waals surface area contributed by atoms with Crippen molar-refractivity contribution in [2.24, 2.45) is 0 Å². The Hall–Kier alpha value is -3.02. The molecule has 23 heavy (non-hydrogen) atoms. The Bertz CT molecular complexity index is 657. The molecule has 120 valence electrons. The van der Waals surface area contributed by atoms with E-state index in [1.807, 2.05) is 42.5 Å². The molecule has 0 aliphatic carbocycles. The summed E-state index contributed by atoms with van der Waals surface area (Å²) in [5, 5.41) is 5.98. The molecule has 2 N–H and O–H groups in total. The lowest BCUT2D eigenvalue weighted by Crippen LogP contribution is -2.34. The van der Waals surface area contributed by atoms with Crippen LogP contribution in [0.25, 0.3) is 0 Å². The molecule has 6 nitrogen and oxygen atoms in total. The molecule has 0 fully saturated rings. The van der Waals surface area contributed by atoms with Crippen molar-refractivity contribution in [1.82, 2.24) is 4.90 Å². The highest BCUT2D eigenvalue weighted by Crippen LogP contribution is 2.18. The van der Waals surface area contributed by atoms with Crippen LogP contribution in [0.3, 0.4) is 0 Å². The molecule has 0 aliphatic rings. The summed E-state index contributed by atoms with van der Waals surface area (Å²) < 4.78 is 4.53. The molecule has 0 bridgehead atoms. The number of benzene rings is 2. The largest absolute Gasteiger partial charge is 0.453 e. The Labute approximate surface area is 135 Å². The summed E-state index contributed by atoms with van der Waals surface area (Å²) in [5.74, 6) is -0.290. The van der Waals surface area contributed by atoms with Gasteiger partial charge in [0.2, 0.25) is 5.91 Å². The fraction of sp³-hybridized carbons (Fsp3) is 0.176. The van der Waals surface area contributed by atoms with Gasteiger partial charge in [-0.25, -0.2) is 4.79 Å². The number of rotatable bonds is 5. The fourth-order valence-electron chi connectivity index (χ4n) is 1.96. The van der Waals surface area contributed by atoms with Gasteiger partial charge in [0, 0.05) is 24.1 Å². The first-order valence-corrected chi connectivity index (χ1v) is 7.09. The van der Waals surface area contributed by atoms with Crippen LogP contribution >= 0.6 is 0 Å². The standard InChI is InChI=1S/C17H19N3O3/c1-20(17(22)23-2)12-16(21)19-15-10-8-14(9-11-15)18-13-6-4-3-5-7-13/h3-11,18H,12H2,1-2H3,(H,19,21). The third-order valence-electron chi connectivity index (χ3n) is 3.10. The van der Waals surface area contributed by atoms with Crippen LogP contribution < -0.4 is 10.6 Å². The highest BCUT2D eigenvalue weighted by molar-refractivity contribution is 5.94. The minimum Gasteiger partial charge on any atom is -0.453 e. The second-order valence-electron chi connectivity index (χ2n) is 4.94. The zero-order valence-electron chi connectivity index (χ0n) is 13.1. The lowest BCUT2D eigenvalue weighted by molar-refractivity contribution is -0.116. The van der Waals surface area contributed by atoms with Crippen LogP contribution in [0.2, 0.25) is 0 Å². The minimum absolute atomic E-state index is 0.0727. The predicted molar refractivity (Wildman–Crippen MR) is 89.8 cm³/mol. The lowest BCUT2D eigenvalue weighted by Gasteiger charge is -2.15. The summed E-state index contributed by atoms with van der Waals surface area (Å²) in [6, 6.07) is 17.1. The van der Waals surface area contributed by atoms with Crippen molar-refractivity contribution in [2.75, 3.05) is 31.3 Å².